The van der Waals surface area contributed by atoms with Crippen LogP contribution in [0.4, 0.5) is 10.2 Å². The molecule has 2 aliphatic heterocycles. The Kier molecular flexibility index (Phi) is 3.92. The van der Waals surface area contributed by atoms with Crippen molar-refractivity contribution < 1.29 is 18.7 Å². The van der Waals surface area contributed by atoms with Gasteiger partial charge < -0.3 is 14.4 Å². The van der Waals surface area contributed by atoms with Crippen LogP contribution in [0.2, 0.25) is 0 Å². The number of hydrogen-bond donors (Lipinski definition) is 0. The van der Waals surface area contributed by atoms with E-state index in [1.807, 2.05) is 13.0 Å². The molecule has 0 radical (unpaired) electrons. The normalized spacial score (nSPS) is 21.9. The van der Waals surface area contributed by atoms with Crippen LogP contribution in [0.3, 0.4) is 0 Å². The van der Waals surface area contributed by atoms with Gasteiger partial charge in [0.2, 0.25) is 0 Å². The molecule has 0 N–H and O–H groups in total. The van der Waals surface area contributed by atoms with E-state index in [1.165, 1.54) is 18.3 Å². The molecule has 144 valence electrons. The maximum absolute atomic E-state index is 14.1. The lowest BCUT2D eigenvalue weighted by Crippen LogP contribution is -2.25. The van der Waals surface area contributed by atoms with Gasteiger partial charge in [0, 0.05) is 18.3 Å². The van der Waals surface area contributed by atoms with E-state index >= 15 is 0 Å². The second-order valence-electron chi connectivity index (χ2n) is 7.17. The largest absolute Gasteiger partial charge is 0.487 e. The molecule has 3 aromatic rings. The van der Waals surface area contributed by atoms with Crippen LogP contribution in [0.1, 0.15) is 41.7 Å². The van der Waals surface area contributed by atoms with Gasteiger partial charge in [0.15, 0.2) is 5.65 Å². The minimum Gasteiger partial charge on any atom is -0.487 e. The summed E-state index contributed by atoms with van der Waals surface area (Å²) in [5.74, 6) is 0.517. The zero-order chi connectivity index (χ0) is 19.3. The molecule has 1 aromatic carbocycles. The molecule has 0 aliphatic carbocycles. The van der Waals surface area contributed by atoms with E-state index in [4.69, 9.17) is 9.47 Å². The Morgan fingerprint density at radius 3 is 3.07 bits per heavy atom. The molecular formula is C20H19FN4O3. The third kappa shape index (κ3) is 2.76. The van der Waals surface area contributed by atoms with Crippen molar-refractivity contribution in [3.05, 3.63) is 53.6 Å². The molecule has 7 nitrogen and oxygen atoms in total. The van der Waals surface area contributed by atoms with Crippen molar-refractivity contribution in [2.75, 3.05) is 18.1 Å². The van der Waals surface area contributed by atoms with Gasteiger partial charge in [0.25, 0.3) is 0 Å². The Balaban J connectivity index is 1.69. The minimum atomic E-state index is -0.494. The van der Waals surface area contributed by atoms with E-state index in [-0.39, 0.29) is 24.6 Å². The minimum absolute atomic E-state index is 0.0587. The summed E-state index contributed by atoms with van der Waals surface area (Å²) in [5.41, 5.74) is 1.54. The number of nitrogens with zero attached hydrogens (tertiary/aromatic N) is 4. The van der Waals surface area contributed by atoms with Gasteiger partial charge in [-0.05, 0) is 44.0 Å². The summed E-state index contributed by atoms with van der Waals surface area (Å²) in [6, 6.07) is 6.35. The smallest absolute Gasteiger partial charge is 0.343 e. The average molecular weight is 382 g/mol. The highest BCUT2D eigenvalue weighted by Crippen LogP contribution is 2.40. The first-order valence-electron chi connectivity index (χ1n) is 9.34. The molecule has 0 amide bonds. The molecule has 4 heterocycles. The second-order valence-corrected chi connectivity index (χ2v) is 7.17. The Bertz CT molecular complexity index is 1070. The number of anilines is 1. The lowest BCUT2D eigenvalue weighted by molar-refractivity contribution is 0.0341. The van der Waals surface area contributed by atoms with Crippen molar-refractivity contribution in [3.8, 4) is 5.75 Å². The maximum atomic E-state index is 14.1. The van der Waals surface area contributed by atoms with E-state index in [0.717, 1.165) is 24.9 Å². The van der Waals surface area contributed by atoms with Gasteiger partial charge in [-0.15, -0.1) is 0 Å². The summed E-state index contributed by atoms with van der Waals surface area (Å²) in [6.45, 7) is 2.67. The quantitative estimate of drug-likeness (QED) is 0.557. The number of rotatable bonds is 0. The molecule has 2 aromatic heterocycles. The molecule has 1 fully saturated rings. The molecule has 5 rings (SSSR count). The topological polar surface area (TPSA) is 69.0 Å². The van der Waals surface area contributed by atoms with Crippen molar-refractivity contribution in [2.24, 2.45) is 0 Å². The third-order valence-corrected chi connectivity index (χ3v) is 5.23. The zero-order valence-corrected chi connectivity index (χ0v) is 15.3. The third-order valence-electron chi connectivity index (χ3n) is 5.23. The summed E-state index contributed by atoms with van der Waals surface area (Å²) in [6.07, 6.45) is 4.67. The second kappa shape index (κ2) is 6.47. The number of halogens is 1. The number of ether oxygens (including phenoxy) is 2. The Morgan fingerprint density at radius 2 is 2.18 bits per heavy atom. The number of cyclic esters (lactones) is 1. The number of fused-ring (bicyclic) bond motifs is 5. The van der Waals surface area contributed by atoms with Gasteiger partial charge in [-0.3, -0.25) is 0 Å². The van der Waals surface area contributed by atoms with Gasteiger partial charge >= 0.3 is 5.97 Å². The molecule has 8 heteroatoms. The molecule has 0 spiro atoms. The van der Waals surface area contributed by atoms with E-state index in [9.17, 15) is 9.18 Å². The van der Waals surface area contributed by atoms with Gasteiger partial charge in [-0.1, -0.05) is 0 Å². The van der Waals surface area contributed by atoms with Crippen LogP contribution in [0.5, 0.6) is 5.75 Å². The predicted molar refractivity (Wildman–Crippen MR) is 99.1 cm³/mol. The Hall–Kier alpha value is -3.16. The molecule has 1 saturated heterocycles. The first-order chi connectivity index (χ1) is 13.6. The first-order valence-corrected chi connectivity index (χ1v) is 9.34. The van der Waals surface area contributed by atoms with Crippen LogP contribution in [0, 0.1) is 5.82 Å². The monoisotopic (exact) mass is 382 g/mol. The highest BCUT2D eigenvalue weighted by molar-refractivity contribution is 5.95. The molecule has 2 aliphatic rings. The van der Waals surface area contributed by atoms with E-state index < -0.39 is 5.97 Å². The summed E-state index contributed by atoms with van der Waals surface area (Å²) in [4.78, 5) is 19.3. The first kappa shape index (κ1) is 17.0. The van der Waals surface area contributed by atoms with Gasteiger partial charge in [0.1, 0.15) is 35.7 Å². The SMILES string of the molecule is C[C@H]1COC(=O)c2cnn3ccc(nc23)N2CCC[C@@H]2c2cc(F)ccc2O1. The van der Waals surface area contributed by atoms with Crippen LogP contribution < -0.4 is 9.64 Å². The standard InChI is InChI=1S/C20H19FN4O3/c1-12-11-27-20(26)15-10-22-25-8-6-18(23-19(15)25)24-7-2-3-16(24)14-9-13(21)4-5-17(14)28-12/h4-6,8-10,12,16H,2-3,7,11H2,1H3/t12-,16+/m0/s1. The van der Waals surface area contributed by atoms with E-state index in [0.29, 0.717) is 22.8 Å². The molecule has 28 heavy (non-hydrogen) atoms. The van der Waals surface area contributed by atoms with Crippen LogP contribution in [-0.2, 0) is 4.74 Å². The van der Waals surface area contributed by atoms with Crippen LogP contribution >= 0.6 is 0 Å². The summed E-state index contributed by atoms with van der Waals surface area (Å²) in [7, 11) is 0. The fourth-order valence-electron chi connectivity index (χ4n) is 3.94. The van der Waals surface area contributed by atoms with Crippen molar-refractivity contribution >= 4 is 17.4 Å². The Morgan fingerprint density at radius 1 is 1.29 bits per heavy atom. The molecule has 0 unspecified atom stereocenters. The van der Waals surface area contributed by atoms with Gasteiger partial charge in [0.05, 0.1) is 12.2 Å². The van der Waals surface area contributed by atoms with E-state index in [1.54, 1.807) is 16.8 Å². The van der Waals surface area contributed by atoms with Crippen molar-refractivity contribution in [3.63, 3.8) is 0 Å². The predicted octanol–water partition coefficient (Wildman–Crippen LogP) is 3.15. The number of carbonyl (C=O) groups excluding carboxylic acids is 1. The number of esters is 1. The number of benzene rings is 1. The summed E-state index contributed by atoms with van der Waals surface area (Å²) >= 11 is 0. The maximum Gasteiger partial charge on any atom is 0.343 e. The fourth-order valence-corrected chi connectivity index (χ4v) is 3.94. The lowest BCUT2D eigenvalue weighted by Gasteiger charge is -2.28. The van der Waals surface area contributed by atoms with Crippen molar-refractivity contribution in [2.45, 2.75) is 31.9 Å². The molecule has 2 bridgehead atoms. The molecule has 2 atom stereocenters. The molecule has 0 saturated carbocycles. The van der Waals surface area contributed by atoms with E-state index in [2.05, 4.69) is 15.0 Å². The summed E-state index contributed by atoms with van der Waals surface area (Å²) in [5, 5.41) is 4.19. The van der Waals surface area contributed by atoms with Crippen LogP contribution in [0.25, 0.3) is 5.65 Å². The van der Waals surface area contributed by atoms with Gasteiger partial charge in [-0.25, -0.2) is 18.7 Å². The van der Waals surface area contributed by atoms with Crippen molar-refractivity contribution in [1.82, 2.24) is 14.6 Å². The van der Waals surface area contributed by atoms with Gasteiger partial charge in [-0.2, -0.15) is 5.10 Å². The molecular weight excluding hydrogens is 363 g/mol. The number of aromatic nitrogens is 3. The number of carbonyl (C=O) groups is 1. The van der Waals surface area contributed by atoms with Crippen LogP contribution in [-0.4, -0.2) is 39.8 Å². The van der Waals surface area contributed by atoms with Crippen molar-refractivity contribution in [1.29, 1.82) is 0 Å². The average Bonchev–Trinajstić information content (AvgIpc) is 3.33. The highest BCUT2D eigenvalue weighted by Gasteiger charge is 2.31. The highest BCUT2D eigenvalue weighted by atomic mass is 19.1. The lowest BCUT2D eigenvalue weighted by atomic mass is 10.0. The zero-order valence-electron chi connectivity index (χ0n) is 15.3. The Labute approximate surface area is 160 Å². The summed E-state index contributed by atoms with van der Waals surface area (Å²) < 4.78 is 27.0. The fraction of sp³-hybridized carbons (Fsp3) is 0.350. The van der Waals surface area contributed by atoms with Crippen LogP contribution in [0.15, 0.2) is 36.7 Å². The number of hydrogen-bond acceptors (Lipinski definition) is 6.